The van der Waals surface area contributed by atoms with Crippen molar-refractivity contribution in [3.05, 3.63) is 47.8 Å². The molecule has 4 rings (SSSR count). The van der Waals surface area contributed by atoms with Crippen LogP contribution in [-0.4, -0.2) is 37.1 Å². The van der Waals surface area contributed by atoms with Crippen LogP contribution >= 0.6 is 0 Å². The molecule has 2 fully saturated rings. The second kappa shape index (κ2) is 6.32. The zero-order valence-corrected chi connectivity index (χ0v) is 13.9. The van der Waals surface area contributed by atoms with Crippen LogP contribution in [0.5, 0.6) is 0 Å². The van der Waals surface area contributed by atoms with Gasteiger partial charge >= 0.3 is 0 Å². The monoisotopic (exact) mass is 329 g/mol. The average molecular weight is 329 g/mol. The first-order valence-corrected chi connectivity index (χ1v) is 8.97. The van der Waals surface area contributed by atoms with Crippen LogP contribution in [-0.2, 0) is 14.9 Å². The number of halogens is 1. The first kappa shape index (κ1) is 15.8. The maximum atomic E-state index is 13.8. The molecule has 24 heavy (non-hydrogen) atoms. The van der Waals surface area contributed by atoms with Crippen LogP contribution < -0.4 is 0 Å². The molecule has 0 unspecified atom stereocenters. The first-order valence-electron chi connectivity index (χ1n) is 8.97. The molecular weight excluding hydrogens is 305 g/mol. The van der Waals surface area contributed by atoms with E-state index in [1.807, 2.05) is 11.0 Å². The largest absolute Gasteiger partial charge is 0.381 e. The minimum Gasteiger partial charge on any atom is -0.381 e. The van der Waals surface area contributed by atoms with Crippen molar-refractivity contribution in [3.8, 4) is 0 Å². The fraction of sp³-hybridized carbons (Fsp3) is 0.550. The first-order chi connectivity index (χ1) is 11.7. The van der Waals surface area contributed by atoms with E-state index >= 15 is 0 Å². The summed E-state index contributed by atoms with van der Waals surface area (Å²) in [5.41, 5.74) is 0.185. The zero-order chi connectivity index (χ0) is 16.6. The summed E-state index contributed by atoms with van der Waals surface area (Å²) in [6.07, 6.45) is 7.91. The fourth-order valence-corrected chi connectivity index (χ4v) is 4.62. The molecule has 4 heteroatoms. The number of fused-ring (bicyclic) bond motifs is 1. The molecule has 2 heterocycles. The van der Waals surface area contributed by atoms with Gasteiger partial charge in [-0.15, -0.1) is 0 Å². The highest BCUT2D eigenvalue weighted by Crippen LogP contribution is 2.40. The minimum atomic E-state index is -0.624. The molecule has 0 aromatic heterocycles. The molecule has 0 saturated carbocycles. The summed E-state index contributed by atoms with van der Waals surface area (Å²) in [7, 11) is 0. The Morgan fingerprint density at radius 2 is 1.79 bits per heavy atom. The van der Waals surface area contributed by atoms with Gasteiger partial charge in [-0.1, -0.05) is 24.3 Å². The molecule has 2 aliphatic heterocycles. The molecule has 0 radical (unpaired) electrons. The molecule has 0 bridgehead atoms. The van der Waals surface area contributed by atoms with Gasteiger partial charge in [0, 0.05) is 26.3 Å². The second-order valence-electron chi connectivity index (χ2n) is 7.38. The van der Waals surface area contributed by atoms with Gasteiger partial charge in [-0.05, 0) is 55.2 Å². The summed E-state index contributed by atoms with van der Waals surface area (Å²) in [5, 5.41) is 0. The van der Waals surface area contributed by atoms with Crippen LogP contribution in [0.25, 0.3) is 0 Å². The Bertz CT molecular complexity index is 635. The quantitative estimate of drug-likeness (QED) is 0.779. The van der Waals surface area contributed by atoms with E-state index in [2.05, 4.69) is 12.2 Å². The number of carbonyl (C=O) groups is 1. The summed E-state index contributed by atoms with van der Waals surface area (Å²) in [6.45, 7) is 2.80. The number of ether oxygens (including phenoxy) is 1. The van der Waals surface area contributed by atoms with Gasteiger partial charge in [0.2, 0.25) is 5.91 Å². The predicted octanol–water partition coefficient (Wildman–Crippen LogP) is 3.30. The third kappa shape index (κ3) is 2.67. The van der Waals surface area contributed by atoms with Crippen LogP contribution in [0, 0.1) is 17.7 Å². The molecule has 3 aliphatic rings. The van der Waals surface area contributed by atoms with E-state index in [0.29, 0.717) is 37.9 Å². The van der Waals surface area contributed by atoms with E-state index in [1.165, 1.54) is 12.1 Å². The van der Waals surface area contributed by atoms with Crippen molar-refractivity contribution in [3.63, 3.8) is 0 Å². The van der Waals surface area contributed by atoms with Crippen LogP contribution in [0.4, 0.5) is 4.39 Å². The van der Waals surface area contributed by atoms with Crippen molar-refractivity contribution in [1.29, 1.82) is 0 Å². The van der Waals surface area contributed by atoms with Gasteiger partial charge in [0.25, 0.3) is 0 Å². The smallest absolute Gasteiger partial charge is 0.233 e. The number of nitrogens with zero attached hydrogens (tertiary/aromatic N) is 1. The number of rotatable bonds is 2. The Labute approximate surface area is 142 Å². The van der Waals surface area contributed by atoms with Crippen molar-refractivity contribution < 1.29 is 13.9 Å². The number of hydrogen-bond acceptors (Lipinski definition) is 2. The molecular formula is C20H24FNO2. The highest BCUT2D eigenvalue weighted by molar-refractivity contribution is 5.88. The Kier molecular flexibility index (Phi) is 4.17. The van der Waals surface area contributed by atoms with Crippen molar-refractivity contribution in [2.75, 3.05) is 26.3 Å². The van der Waals surface area contributed by atoms with E-state index in [4.69, 9.17) is 4.74 Å². The van der Waals surface area contributed by atoms with Crippen LogP contribution in [0.2, 0.25) is 0 Å². The number of carbonyl (C=O) groups excluding carboxylic acids is 1. The standard InChI is InChI=1S/C20H24FNO2/c21-18-7-3-6-17(12-18)20(8-10-24-11-9-20)19(23)22-13-15-4-1-2-5-16(15)14-22/h1-3,6-7,12,15-16H,4-5,8-11,13-14H2/t15-,16-/m0/s1. The lowest BCUT2D eigenvalue weighted by Crippen LogP contribution is -2.49. The third-order valence-corrected chi connectivity index (χ3v) is 6.04. The maximum Gasteiger partial charge on any atom is 0.233 e. The van der Waals surface area contributed by atoms with Gasteiger partial charge in [-0.3, -0.25) is 4.79 Å². The highest BCUT2D eigenvalue weighted by atomic mass is 19.1. The van der Waals surface area contributed by atoms with Gasteiger partial charge in [0.05, 0.1) is 5.41 Å². The normalized spacial score (nSPS) is 28.6. The molecule has 1 amide bonds. The summed E-state index contributed by atoms with van der Waals surface area (Å²) in [6, 6.07) is 6.59. The average Bonchev–Trinajstić information content (AvgIpc) is 3.06. The molecule has 2 saturated heterocycles. The molecule has 128 valence electrons. The molecule has 3 nitrogen and oxygen atoms in total. The van der Waals surface area contributed by atoms with Gasteiger partial charge in [0.15, 0.2) is 0 Å². The maximum absolute atomic E-state index is 13.8. The SMILES string of the molecule is O=C(N1C[C@@H]2CC=CC[C@H]2C1)C1(c2cccc(F)c2)CCOCC1. The van der Waals surface area contributed by atoms with Crippen LogP contribution in [0.3, 0.4) is 0 Å². The summed E-state index contributed by atoms with van der Waals surface area (Å²) >= 11 is 0. The lowest BCUT2D eigenvalue weighted by Gasteiger charge is -2.39. The van der Waals surface area contributed by atoms with Crippen molar-refractivity contribution in [2.24, 2.45) is 11.8 Å². The second-order valence-corrected chi connectivity index (χ2v) is 7.38. The Hall–Kier alpha value is -1.68. The molecule has 0 spiro atoms. The Morgan fingerprint density at radius 1 is 1.12 bits per heavy atom. The molecule has 2 atom stereocenters. The summed E-state index contributed by atoms with van der Waals surface area (Å²) < 4.78 is 19.3. The summed E-state index contributed by atoms with van der Waals surface area (Å²) in [5.74, 6) is 1.07. The van der Waals surface area contributed by atoms with E-state index < -0.39 is 5.41 Å². The molecule has 0 N–H and O–H groups in total. The molecule has 1 aromatic carbocycles. The van der Waals surface area contributed by atoms with E-state index in [-0.39, 0.29) is 11.7 Å². The van der Waals surface area contributed by atoms with Crippen LogP contribution in [0.1, 0.15) is 31.2 Å². The molecule has 1 aromatic rings. The lowest BCUT2D eigenvalue weighted by atomic mass is 9.73. The van der Waals surface area contributed by atoms with Crippen LogP contribution in [0.15, 0.2) is 36.4 Å². The Balaban J connectivity index is 1.63. The number of likely N-dealkylation sites (tertiary alicyclic amines) is 1. The highest BCUT2D eigenvalue weighted by Gasteiger charge is 2.47. The van der Waals surface area contributed by atoms with Crippen molar-refractivity contribution in [1.82, 2.24) is 4.90 Å². The summed E-state index contributed by atoms with van der Waals surface area (Å²) in [4.78, 5) is 15.5. The van der Waals surface area contributed by atoms with E-state index in [1.54, 1.807) is 6.07 Å². The van der Waals surface area contributed by atoms with Gasteiger partial charge in [-0.2, -0.15) is 0 Å². The van der Waals surface area contributed by atoms with E-state index in [9.17, 15) is 9.18 Å². The molecule has 1 aliphatic carbocycles. The zero-order valence-electron chi connectivity index (χ0n) is 13.9. The topological polar surface area (TPSA) is 29.5 Å². The van der Waals surface area contributed by atoms with Gasteiger partial charge < -0.3 is 9.64 Å². The number of benzene rings is 1. The van der Waals surface area contributed by atoms with E-state index in [0.717, 1.165) is 31.5 Å². The van der Waals surface area contributed by atoms with Crippen molar-refractivity contribution >= 4 is 5.91 Å². The third-order valence-electron chi connectivity index (χ3n) is 6.04. The van der Waals surface area contributed by atoms with Gasteiger partial charge in [0.1, 0.15) is 5.82 Å². The predicted molar refractivity (Wildman–Crippen MR) is 90.1 cm³/mol. The minimum absolute atomic E-state index is 0.172. The Morgan fingerprint density at radius 3 is 2.42 bits per heavy atom. The number of amides is 1. The fourth-order valence-electron chi connectivity index (χ4n) is 4.62. The number of hydrogen-bond donors (Lipinski definition) is 0. The van der Waals surface area contributed by atoms with Gasteiger partial charge in [-0.25, -0.2) is 4.39 Å². The van der Waals surface area contributed by atoms with Crippen molar-refractivity contribution in [2.45, 2.75) is 31.1 Å². The number of allylic oxidation sites excluding steroid dienone is 2. The lowest BCUT2D eigenvalue weighted by molar-refractivity contribution is -0.140.